The highest BCUT2D eigenvalue weighted by Crippen LogP contribution is 2.40. The molecular weight excluding hydrogens is 528 g/mol. The number of phenolic OH excluding ortho intramolecular Hbond substituents is 1. The second-order valence-electron chi connectivity index (χ2n) is 12.3. The Morgan fingerprint density at radius 3 is 2.64 bits per heavy atom. The van der Waals surface area contributed by atoms with Crippen molar-refractivity contribution in [3.8, 4) is 17.1 Å². The summed E-state index contributed by atoms with van der Waals surface area (Å²) >= 11 is 0. The summed E-state index contributed by atoms with van der Waals surface area (Å²) in [6.45, 7) is 8.78. The topological polar surface area (TPSA) is 93.5 Å². The molecule has 5 aromatic rings. The van der Waals surface area contributed by atoms with Gasteiger partial charge in [0.1, 0.15) is 28.5 Å². The lowest BCUT2D eigenvalue weighted by Gasteiger charge is -2.42. The van der Waals surface area contributed by atoms with Crippen molar-refractivity contribution in [1.82, 2.24) is 19.0 Å². The number of aromatic hydroxyl groups is 1. The van der Waals surface area contributed by atoms with E-state index in [2.05, 4.69) is 11.0 Å². The molecule has 1 saturated heterocycles. The smallest absolute Gasteiger partial charge is 0.250 e. The Morgan fingerprint density at radius 2 is 1.88 bits per heavy atom. The minimum absolute atomic E-state index is 0.0642. The van der Waals surface area contributed by atoms with Gasteiger partial charge in [-0.25, -0.2) is 4.98 Å². The lowest BCUT2D eigenvalue weighted by molar-refractivity contribution is 0.113. The van der Waals surface area contributed by atoms with Crippen LogP contribution in [0.5, 0.6) is 5.75 Å². The van der Waals surface area contributed by atoms with E-state index in [0.717, 1.165) is 41.8 Å². The van der Waals surface area contributed by atoms with Gasteiger partial charge in [0, 0.05) is 56.8 Å². The maximum absolute atomic E-state index is 14.4. The first-order valence-corrected chi connectivity index (χ1v) is 14.9. The van der Waals surface area contributed by atoms with Crippen molar-refractivity contribution in [3.05, 3.63) is 91.7 Å². The molecule has 42 heavy (non-hydrogen) atoms. The number of aryl methyl sites for hydroxylation is 2. The van der Waals surface area contributed by atoms with Gasteiger partial charge >= 0.3 is 0 Å². The number of likely N-dealkylation sites (tertiary alicyclic amines) is 1. The number of fused-ring (bicyclic) bond motifs is 6. The van der Waals surface area contributed by atoms with Crippen LogP contribution in [0, 0.1) is 5.92 Å². The van der Waals surface area contributed by atoms with Crippen molar-refractivity contribution >= 4 is 22.0 Å². The molecule has 0 saturated carbocycles. The molecule has 0 unspecified atom stereocenters. The normalized spacial score (nSPS) is 18.7. The van der Waals surface area contributed by atoms with E-state index >= 15 is 0 Å². The molecule has 2 aliphatic heterocycles. The molecule has 0 aliphatic carbocycles. The van der Waals surface area contributed by atoms with Gasteiger partial charge in [0.05, 0.1) is 22.0 Å². The zero-order valence-corrected chi connectivity index (χ0v) is 24.6. The number of nitrogens with zero attached hydrogens (tertiary/aromatic N) is 4. The highest BCUT2D eigenvalue weighted by atomic mass is 16.3. The van der Waals surface area contributed by atoms with Crippen molar-refractivity contribution in [2.24, 2.45) is 13.0 Å². The van der Waals surface area contributed by atoms with Gasteiger partial charge in [-0.3, -0.25) is 14.5 Å². The Morgan fingerprint density at radius 1 is 1.07 bits per heavy atom. The Kier molecular flexibility index (Phi) is 6.35. The van der Waals surface area contributed by atoms with E-state index < -0.39 is 0 Å². The molecule has 1 fully saturated rings. The first-order chi connectivity index (χ1) is 20.2. The van der Waals surface area contributed by atoms with Crippen molar-refractivity contribution < 1.29 is 9.52 Å². The molecule has 1 N–H and O–H groups in total. The lowest BCUT2D eigenvalue weighted by atomic mass is 9.83. The molecule has 5 heterocycles. The summed E-state index contributed by atoms with van der Waals surface area (Å²) in [7, 11) is 1.93. The van der Waals surface area contributed by atoms with Crippen molar-refractivity contribution in [1.29, 1.82) is 0 Å². The Bertz CT molecular complexity index is 1980. The average molecular weight is 565 g/mol. The summed E-state index contributed by atoms with van der Waals surface area (Å²) in [6, 6.07) is 15.2. The number of pyridine rings is 1. The van der Waals surface area contributed by atoms with Gasteiger partial charge in [-0.1, -0.05) is 39.0 Å². The van der Waals surface area contributed by atoms with E-state index in [0.29, 0.717) is 59.1 Å². The van der Waals surface area contributed by atoms with Gasteiger partial charge in [-0.05, 0) is 48.6 Å². The van der Waals surface area contributed by atoms with Crippen LogP contribution in [-0.4, -0.2) is 37.2 Å². The maximum atomic E-state index is 14.4. The molecule has 3 aromatic heterocycles. The van der Waals surface area contributed by atoms with Crippen molar-refractivity contribution in [2.45, 2.75) is 58.5 Å². The van der Waals surface area contributed by atoms with Crippen LogP contribution in [0.2, 0.25) is 0 Å². The zero-order valence-electron chi connectivity index (χ0n) is 24.6. The number of hydrogen-bond acceptors (Lipinski definition) is 6. The van der Waals surface area contributed by atoms with E-state index in [4.69, 9.17) is 9.40 Å². The standard InChI is InChI=1S/C34H36N4O4/c1-5-21-14-23-31(41)29(34-35-25-9-6-7-10-27(25)36(34)4)32(19(2)3)42-33(23)24(30(21)40)18-37-15-20-13-22(17-37)26-11-8-12-28(39)38(26)16-20/h6-12,14,19-20,22,40H,5,13,15-18H2,1-4H3/t20-,22-/m1/s1. The molecule has 0 radical (unpaired) electrons. The van der Waals surface area contributed by atoms with Gasteiger partial charge in [0.15, 0.2) is 0 Å². The summed E-state index contributed by atoms with van der Waals surface area (Å²) < 4.78 is 10.6. The SMILES string of the molecule is CCc1cc2c(=O)c(-c3nc4ccccc4n3C)c(C(C)C)oc2c(CN2C[C@H]3C[C@H](C2)c2cccc(=O)n2C3)c1O. The summed E-state index contributed by atoms with van der Waals surface area (Å²) in [5.41, 5.74) is 5.11. The number of phenols is 1. The number of benzene rings is 2. The third kappa shape index (κ3) is 4.11. The average Bonchev–Trinajstić information content (AvgIpc) is 3.30. The highest BCUT2D eigenvalue weighted by molar-refractivity contribution is 5.89. The van der Waals surface area contributed by atoms with Crippen LogP contribution in [0.3, 0.4) is 0 Å². The molecule has 7 rings (SSSR count). The predicted molar refractivity (Wildman–Crippen MR) is 164 cm³/mol. The third-order valence-electron chi connectivity index (χ3n) is 9.21. The molecule has 2 atom stereocenters. The quantitative estimate of drug-likeness (QED) is 0.302. The predicted octanol–water partition coefficient (Wildman–Crippen LogP) is 5.52. The second kappa shape index (κ2) is 9.98. The molecular formula is C34H36N4O4. The lowest BCUT2D eigenvalue weighted by Crippen LogP contribution is -2.46. The Labute approximate surface area is 243 Å². The van der Waals surface area contributed by atoms with Gasteiger partial charge in [0.2, 0.25) is 5.43 Å². The largest absolute Gasteiger partial charge is 0.507 e. The van der Waals surface area contributed by atoms with Crippen LogP contribution in [0.1, 0.15) is 61.6 Å². The van der Waals surface area contributed by atoms with E-state index in [9.17, 15) is 14.7 Å². The third-order valence-corrected chi connectivity index (χ3v) is 9.21. The number of imidazole rings is 1. The van der Waals surface area contributed by atoms with Gasteiger partial charge in [0.25, 0.3) is 5.56 Å². The second-order valence-corrected chi connectivity index (χ2v) is 12.3. The minimum atomic E-state index is -0.127. The Hall–Kier alpha value is -4.17. The zero-order chi connectivity index (χ0) is 29.3. The minimum Gasteiger partial charge on any atom is -0.507 e. The van der Waals surface area contributed by atoms with Crippen LogP contribution in [-0.2, 0) is 26.6 Å². The maximum Gasteiger partial charge on any atom is 0.250 e. The van der Waals surface area contributed by atoms with E-state index in [1.165, 1.54) is 0 Å². The van der Waals surface area contributed by atoms with E-state index in [1.807, 2.05) is 67.3 Å². The van der Waals surface area contributed by atoms with E-state index in [1.54, 1.807) is 12.1 Å². The monoisotopic (exact) mass is 564 g/mol. The van der Waals surface area contributed by atoms with E-state index in [-0.39, 0.29) is 28.6 Å². The summed E-state index contributed by atoms with van der Waals surface area (Å²) in [4.78, 5) is 34.1. The fraction of sp³-hybridized carbons (Fsp3) is 0.382. The number of hydrogen-bond donors (Lipinski definition) is 1. The molecule has 2 bridgehead atoms. The molecule has 2 aromatic carbocycles. The molecule has 8 nitrogen and oxygen atoms in total. The van der Waals surface area contributed by atoms with Crippen LogP contribution < -0.4 is 11.0 Å². The number of aromatic nitrogens is 3. The highest BCUT2D eigenvalue weighted by Gasteiger charge is 2.35. The van der Waals surface area contributed by atoms with Gasteiger partial charge in [-0.2, -0.15) is 0 Å². The first kappa shape index (κ1) is 26.7. The van der Waals surface area contributed by atoms with Crippen LogP contribution in [0.25, 0.3) is 33.4 Å². The van der Waals surface area contributed by atoms with Gasteiger partial charge in [-0.15, -0.1) is 0 Å². The molecule has 0 spiro atoms. The number of rotatable bonds is 5. The first-order valence-electron chi connectivity index (χ1n) is 14.9. The number of piperidine rings is 1. The summed E-state index contributed by atoms with van der Waals surface area (Å²) in [5, 5.41) is 12.0. The van der Waals surface area contributed by atoms with Crippen molar-refractivity contribution in [2.75, 3.05) is 13.1 Å². The molecule has 216 valence electrons. The Balaban J connectivity index is 1.37. The molecule has 0 amide bonds. The van der Waals surface area contributed by atoms with Crippen LogP contribution >= 0.6 is 0 Å². The van der Waals surface area contributed by atoms with Crippen LogP contribution in [0.4, 0.5) is 0 Å². The summed E-state index contributed by atoms with van der Waals surface area (Å²) in [6.07, 6.45) is 1.64. The fourth-order valence-electron chi connectivity index (χ4n) is 7.22. The molecule has 8 heteroatoms. The molecule has 2 aliphatic rings. The number of para-hydroxylation sites is 2. The summed E-state index contributed by atoms with van der Waals surface area (Å²) in [5.74, 6) is 1.87. The van der Waals surface area contributed by atoms with Gasteiger partial charge < -0.3 is 18.7 Å². The fourth-order valence-corrected chi connectivity index (χ4v) is 7.22. The van der Waals surface area contributed by atoms with Crippen LogP contribution in [0.15, 0.2) is 62.5 Å². The van der Waals surface area contributed by atoms with Crippen molar-refractivity contribution in [3.63, 3.8) is 0 Å².